The molecule has 3 rings (SSSR count). The molecule has 0 amide bonds. The molecule has 3 N–H and O–H groups in total. The molecule has 0 fully saturated rings. The van der Waals surface area contributed by atoms with Gasteiger partial charge in [0.05, 0.1) is 5.57 Å². The Labute approximate surface area is 145 Å². The molecule has 8 heteroatoms. The Balaban J connectivity index is 2.18. The summed E-state index contributed by atoms with van der Waals surface area (Å²) in [5, 5.41) is 10.9. The van der Waals surface area contributed by atoms with Crippen molar-refractivity contribution in [2.45, 2.75) is 46.2 Å². The van der Waals surface area contributed by atoms with Crippen LogP contribution in [0.3, 0.4) is 0 Å². The molecule has 1 unspecified atom stereocenters. The minimum atomic E-state index is -0.145. The van der Waals surface area contributed by atoms with E-state index in [1.165, 1.54) is 6.21 Å². The molecule has 0 radical (unpaired) electrons. The summed E-state index contributed by atoms with van der Waals surface area (Å²) in [5.74, 6) is 1.07. The molecule has 0 saturated heterocycles. The van der Waals surface area contributed by atoms with Crippen LogP contribution >= 0.6 is 0 Å². The summed E-state index contributed by atoms with van der Waals surface area (Å²) >= 11 is 0. The zero-order valence-corrected chi connectivity index (χ0v) is 14.7. The molecule has 132 valence electrons. The Morgan fingerprint density at radius 2 is 2.28 bits per heavy atom. The van der Waals surface area contributed by atoms with Crippen LogP contribution in [0.5, 0.6) is 0 Å². The minimum absolute atomic E-state index is 0.145. The van der Waals surface area contributed by atoms with E-state index in [0.717, 1.165) is 12.8 Å². The number of fused-ring (bicyclic) bond motifs is 3. The van der Waals surface area contributed by atoms with Crippen LogP contribution in [0, 0.1) is 5.41 Å². The van der Waals surface area contributed by atoms with E-state index in [1.807, 2.05) is 6.92 Å². The van der Waals surface area contributed by atoms with Crippen LogP contribution in [0.25, 0.3) is 22.5 Å². The lowest BCUT2D eigenvalue weighted by atomic mass is 10.2. The first-order valence-corrected chi connectivity index (χ1v) is 8.53. The van der Waals surface area contributed by atoms with Gasteiger partial charge >= 0.3 is 0 Å². The molecule has 0 aromatic carbocycles. The lowest BCUT2D eigenvalue weighted by Gasteiger charge is -2.08. The van der Waals surface area contributed by atoms with Gasteiger partial charge in [0.1, 0.15) is 5.82 Å². The van der Waals surface area contributed by atoms with Crippen molar-refractivity contribution in [2.75, 3.05) is 0 Å². The van der Waals surface area contributed by atoms with Crippen molar-refractivity contribution in [3.8, 4) is 0 Å². The van der Waals surface area contributed by atoms with Gasteiger partial charge in [-0.1, -0.05) is 13.8 Å². The maximum Gasteiger partial charge on any atom is 0.280 e. The maximum atomic E-state index is 12.8. The van der Waals surface area contributed by atoms with Gasteiger partial charge in [0, 0.05) is 37.4 Å². The summed E-state index contributed by atoms with van der Waals surface area (Å²) in [5.41, 5.74) is 1.39. The highest BCUT2D eigenvalue weighted by molar-refractivity contribution is 6.07. The van der Waals surface area contributed by atoms with E-state index in [2.05, 4.69) is 34.1 Å². The predicted octanol–water partition coefficient (Wildman–Crippen LogP) is 2.16. The van der Waals surface area contributed by atoms with Gasteiger partial charge in [0.25, 0.3) is 5.56 Å². The minimum Gasteiger partial charge on any atom is -0.388 e. The monoisotopic (exact) mass is 341 g/mol. The highest BCUT2D eigenvalue weighted by atomic mass is 16.1. The standard InChI is InChI=1S/C17H23N7O/c1-4-7-24-16(25)13-15(23-8-6-19-17(23)24)22-14(21-13)12(9-18)10-20-11(3)5-2/h6,8-11,18,20H,4-5,7H2,1-3H3,(H,21,22)/b12-10+,18-9?. The summed E-state index contributed by atoms with van der Waals surface area (Å²) in [6.45, 7) is 6.76. The van der Waals surface area contributed by atoms with Crippen molar-refractivity contribution in [1.82, 2.24) is 29.2 Å². The number of nitrogens with one attached hydrogen (secondary N) is 3. The SMILES string of the molecule is CCCn1c(=O)c2[nH]c(/C(C=N)=C/NC(C)CC)nc2n2ccnc12. The summed E-state index contributed by atoms with van der Waals surface area (Å²) in [6, 6.07) is 0.293. The third kappa shape index (κ3) is 2.95. The Hall–Kier alpha value is -2.90. The molecule has 0 aliphatic carbocycles. The van der Waals surface area contributed by atoms with Gasteiger partial charge in [0.15, 0.2) is 11.2 Å². The van der Waals surface area contributed by atoms with Crippen LogP contribution in [-0.4, -0.2) is 36.2 Å². The topological polar surface area (TPSA) is 104 Å². The largest absolute Gasteiger partial charge is 0.388 e. The van der Waals surface area contributed by atoms with E-state index >= 15 is 0 Å². The summed E-state index contributed by atoms with van der Waals surface area (Å²) in [4.78, 5) is 24.7. The third-order valence-electron chi connectivity index (χ3n) is 4.25. The molecule has 0 aliphatic rings. The van der Waals surface area contributed by atoms with Crippen molar-refractivity contribution < 1.29 is 0 Å². The third-order valence-corrected chi connectivity index (χ3v) is 4.25. The molecule has 3 heterocycles. The second-order valence-electron chi connectivity index (χ2n) is 6.06. The van der Waals surface area contributed by atoms with E-state index in [1.54, 1.807) is 27.6 Å². The van der Waals surface area contributed by atoms with Crippen LogP contribution < -0.4 is 10.9 Å². The molecule has 0 aliphatic heterocycles. The predicted molar refractivity (Wildman–Crippen MR) is 99.0 cm³/mol. The maximum absolute atomic E-state index is 12.8. The number of rotatable bonds is 7. The fourth-order valence-corrected chi connectivity index (χ4v) is 2.66. The Kier molecular flexibility index (Phi) is 4.69. The molecule has 8 nitrogen and oxygen atoms in total. The number of aryl methyl sites for hydroxylation is 1. The van der Waals surface area contributed by atoms with E-state index in [4.69, 9.17) is 5.41 Å². The van der Waals surface area contributed by atoms with Gasteiger partial charge in [-0.15, -0.1) is 0 Å². The van der Waals surface area contributed by atoms with Crippen molar-refractivity contribution >= 4 is 28.7 Å². The average molecular weight is 341 g/mol. The van der Waals surface area contributed by atoms with Crippen molar-refractivity contribution in [1.29, 1.82) is 5.41 Å². The second-order valence-corrected chi connectivity index (χ2v) is 6.06. The Bertz CT molecular complexity index is 992. The molecule has 0 bridgehead atoms. The first-order chi connectivity index (χ1) is 12.1. The number of aromatic amines is 1. The molecule has 3 aromatic heterocycles. The fraction of sp³-hybridized carbons (Fsp3) is 0.412. The van der Waals surface area contributed by atoms with Crippen LogP contribution in [0.15, 0.2) is 23.4 Å². The van der Waals surface area contributed by atoms with Crippen LogP contribution in [0.4, 0.5) is 0 Å². The quantitative estimate of drug-likeness (QED) is 0.573. The van der Waals surface area contributed by atoms with Gasteiger partial charge in [-0.25, -0.2) is 9.97 Å². The van der Waals surface area contributed by atoms with Gasteiger partial charge in [-0.2, -0.15) is 0 Å². The zero-order valence-electron chi connectivity index (χ0n) is 14.7. The van der Waals surface area contributed by atoms with Crippen molar-refractivity contribution in [3.05, 3.63) is 34.8 Å². The second kappa shape index (κ2) is 6.92. The highest BCUT2D eigenvalue weighted by Gasteiger charge is 2.16. The first-order valence-electron chi connectivity index (χ1n) is 8.53. The van der Waals surface area contributed by atoms with E-state index in [9.17, 15) is 4.79 Å². The van der Waals surface area contributed by atoms with Crippen LogP contribution in [-0.2, 0) is 6.54 Å². The Morgan fingerprint density at radius 1 is 1.48 bits per heavy atom. The van der Waals surface area contributed by atoms with Gasteiger partial charge < -0.3 is 15.7 Å². The summed E-state index contributed by atoms with van der Waals surface area (Å²) in [6.07, 6.45) is 8.24. The number of allylic oxidation sites excluding steroid dienone is 1. The summed E-state index contributed by atoms with van der Waals surface area (Å²) < 4.78 is 3.45. The number of hydrogen-bond donors (Lipinski definition) is 3. The fourth-order valence-electron chi connectivity index (χ4n) is 2.66. The van der Waals surface area contributed by atoms with Gasteiger partial charge in [0.2, 0.25) is 5.78 Å². The van der Waals surface area contributed by atoms with Gasteiger partial charge in [-0.05, 0) is 19.8 Å². The van der Waals surface area contributed by atoms with Gasteiger partial charge in [-0.3, -0.25) is 13.8 Å². The van der Waals surface area contributed by atoms with Crippen molar-refractivity contribution in [3.63, 3.8) is 0 Å². The number of H-pyrrole nitrogens is 1. The normalized spacial score (nSPS) is 13.5. The van der Waals surface area contributed by atoms with Crippen LogP contribution in [0.1, 0.15) is 39.4 Å². The average Bonchev–Trinajstić information content (AvgIpc) is 3.25. The van der Waals surface area contributed by atoms with Crippen LogP contribution in [0.2, 0.25) is 0 Å². The smallest absolute Gasteiger partial charge is 0.280 e. The number of hydrogen-bond acceptors (Lipinski definition) is 5. The lowest BCUT2D eigenvalue weighted by Crippen LogP contribution is -2.23. The number of nitrogens with zero attached hydrogens (tertiary/aromatic N) is 4. The molecule has 3 aromatic rings. The molecule has 0 saturated carbocycles. The molecule has 0 spiro atoms. The van der Waals surface area contributed by atoms with Crippen molar-refractivity contribution in [2.24, 2.45) is 0 Å². The van der Waals surface area contributed by atoms with E-state index < -0.39 is 0 Å². The highest BCUT2D eigenvalue weighted by Crippen LogP contribution is 2.15. The number of imidazole rings is 2. The molecule has 25 heavy (non-hydrogen) atoms. The van der Waals surface area contributed by atoms with E-state index in [0.29, 0.717) is 40.9 Å². The molecular formula is C17H23N7O. The zero-order chi connectivity index (χ0) is 18.0. The molecular weight excluding hydrogens is 318 g/mol. The van der Waals surface area contributed by atoms with E-state index in [-0.39, 0.29) is 5.56 Å². The lowest BCUT2D eigenvalue weighted by molar-refractivity contribution is 0.620. The number of aromatic nitrogens is 5. The summed E-state index contributed by atoms with van der Waals surface area (Å²) in [7, 11) is 0. The molecule has 1 atom stereocenters. The Morgan fingerprint density at radius 3 is 2.96 bits per heavy atom. The first kappa shape index (κ1) is 16.9.